The first kappa shape index (κ1) is 19.0. The molecule has 1 aliphatic carbocycles. The summed E-state index contributed by atoms with van der Waals surface area (Å²) >= 11 is 0. The Bertz CT molecular complexity index is 429. The molecule has 22 heavy (non-hydrogen) atoms. The minimum atomic E-state index is -0.322. The van der Waals surface area contributed by atoms with Gasteiger partial charge in [0.25, 0.3) is 0 Å². The van der Waals surface area contributed by atoms with Crippen molar-refractivity contribution in [2.75, 3.05) is 6.54 Å². The Hall–Kier alpha value is -1.06. The molecule has 0 saturated heterocycles. The molecule has 2 unspecified atom stereocenters. The van der Waals surface area contributed by atoms with Crippen molar-refractivity contribution < 1.29 is 9.59 Å². The van der Waals surface area contributed by atoms with Crippen LogP contribution in [-0.2, 0) is 9.59 Å². The smallest absolute Gasteiger partial charge is 0.225 e. The second kappa shape index (κ2) is 6.59. The highest BCUT2D eigenvalue weighted by atomic mass is 16.2. The fraction of sp³-hybridized carbons (Fsp3) is 0.889. The molecule has 2 atom stereocenters. The minimum Gasteiger partial charge on any atom is -0.355 e. The van der Waals surface area contributed by atoms with Gasteiger partial charge in [-0.2, -0.15) is 0 Å². The van der Waals surface area contributed by atoms with E-state index in [1.54, 1.807) is 6.92 Å². The molecule has 0 aromatic rings. The summed E-state index contributed by atoms with van der Waals surface area (Å²) in [6, 6.07) is 0.197. The van der Waals surface area contributed by atoms with Crippen LogP contribution in [0.4, 0.5) is 0 Å². The van der Waals surface area contributed by atoms with Crippen LogP contribution in [0.1, 0.15) is 74.1 Å². The third-order valence-electron chi connectivity index (χ3n) is 5.03. The summed E-state index contributed by atoms with van der Waals surface area (Å²) in [7, 11) is 0. The van der Waals surface area contributed by atoms with Crippen LogP contribution in [0.25, 0.3) is 0 Å². The summed E-state index contributed by atoms with van der Waals surface area (Å²) in [5.41, 5.74) is -0.128. The normalized spacial score (nSPS) is 28.0. The SMILES string of the molecule is CCC(C)(C)C(=O)NCC1(C)CC(NC(C)=O)CC(C)(C)C1. The first-order chi connectivity index (χ1) is 9.89. The van der Waals surface area contributed by atoms with Crippen LogP contribution >= 0.6 is 0 Å². The maximum absolute atomic E-state index is 12.3. The standard InChI is InChI=1S/C18H34N2O2/c1-8-17(5,6)15(22)19-12-18(7)10-14(20-13(2)21)9-16(3,4)11-18/h14H,8-12H2,1-7H3,(H,19,22)(H,20,21). The molecule has 0 aliphatic heterocycles. The Balaban J connectivity index is 2.74. The third-order valence-corrected chi connectivity index (χ3v) is 5.03. The van der Waals surface area contributed by atoms with E-state index in [1.807, 2.05) is 20.8 Å². The summed E-state index contributed by atoms with van der Waals surface area (Å²) in [5, 5.41) is 6.21. The van der Waals surface area contributed by atoms with E-state index >= 15 is 0 Å². The van der Waals surface area contributed by atoms with Crippen molar-refractivity contribution in [3.63, 3.8) is 0 Å². The van der Waals surface area contributed by atoms with E-state index in [9.17, 15) is 9.59 Å². The molecule has 1 rings (SSSR count). The molecule has 0 aromatic carbocycles. The van der Waals surface area contributed by atoms with Gasteiger partial charge in [-0.05, 0) is 36.5 Å². The maximum atomic E-state index is 12.3. The lowest BCUT2D eigenvalue weighted by atomic mass is 9.62. The molecule has 1 saturated carbocycles. The van der Waals surface area contributed by atoms with Gasteiger partial charge in [-0.1, -0.05) is 41.5 Å². The van der Waals surface area contributed by atoms with Gasteiger partial charge in [0, 0.05) is 24.9 Å². The molecule has 4 heteroatoms. The zero-order valence-electron chi connectivity index (χ0n) is 15.4. The molecule has 0 heterocycles. The molecule has 1 fully saturated rings. The van der Waals surface area contributed by atoms with Gasteiger partial charge in [-0.15, -0.1) is 0 Å². The van der Waals surface area contributed by atoms with E-state index in [2.05, 4.69) is 31.4 Å². The highest BCUT2D eigenvalue weighted by Crippen LogP contribution is 2.45. The van der Waals surface area contributed by atoms with E-state index in [0.29, 0.717) is 6.54 Å². The monoisotopic (exact) mass is 310 g/mol. The Kier molecular flexibility index (Phi) is 5.69. The molecule has 4 nitrogen and oxygen atoms in total. The fourth-order valence-electron chi connectivity index (χ4n) is 3.85. The van der Waals surface area contributed by atoms with Crippen LogP contribution in [0.5, 0.6) is 0 Å². The van der Waals surface area contributed by atoms with Crippen LogP contribution in [0.15, 0.2) is 0 Å². The van der Waals surface area contributed by atoms with Gasteiger partial charge >= 0.3 is 0 Å². The summed E-state index contributed by atoms with van der Waals surface area (Å²) in [5.74, 6) is 0.150. The van der Waals surface area contributed by atoms with E-state index in [4.69, 9.17) is 0 Å². The average molecular weight is 310 g/mol. The van der Waals surface area contributed by atoms with Crippen LogP contribution < -0.4 is 10.6 Å². The molecular weight excluding hydrogens is 276 g/mol. The van der Waals surface area contributed by atoms with E-state index in [1.165, 1.54) is 0 Å². The molecule has 0 radical (unpaired) electrons. The zero-order valence-corrected chi connectivity index (χ0v) is 15.4. The second-order valence-electron chi connectivity index (χ2n) is 8.88. The van der Waals surface area contributed by atoms with Gasteiger partial charge in [-0.25, -0.2) is 0 Å². The summed E-state index contributed by atoms with van der Waals surface area (Å²) in [6.45, 7) is 15.0. The van der Waals surface area contributed by atoms with Gasteiger partial charge in [0.1, 0.15) is 0 Å². The Morgan fingerprint density at radius 1 is 1.18 bits per heavy atom. The lowest BCUT2D eigenvalue weighted by molar-refractivity contribution is -0.130. The van der Waals surface area contributed by atoms with Crippen molar-refractivity contribution in [1.29, 1.82) is 0 Å². The molecular formula is C18H34N2O2. The Morgan fingerprint density at radius 2 is 1.77 bits per heavy atom. The highest BCUT2D eigenvalue weighted by molar-refractivity contribution is 5.81. The second-order valence-corrected chi connectivity index (χ2v) is 8.88. The number of hydrogen-bond donors (Lipinski definition) is 2. The quantitative estimate of drug-likeness (QED) is 0.819. The van der Waals surface area contributed by atoms with E-state index in [-0.39, 0.29) is 34.1 Å². The lowest BCUT2D eigenvalue weighted by Gasteiger charge is -2.47. The average Bonchev–Trinajstić information content (AvgIpc) is 2.32. The van der Waals surface area contributed by atoms with Gasteiger partial charge in [-0.3, -0.25) is 9.59 Å². The maximum Gasteiger partial charge on any atom is 0.225 e. The molecule has 1 aliphatic rings. The molecule has 0 bridgehead atoms. The van der Waals surface area contributed by atoms with E-state index < -0.39 is 0 Å². The largest absolute Gasteiger partial charge is 0.355 e. The Labute approximate surface area is 135 Å². The summed E-state index contributed by atoms with van der Waals surface area (Å²) in [4.78, 5) is 23.7. The van der Waals surface area contributed by atoms with Gasteiger partial charge in [0.05, 0.1) is 0 Å². The fourth-order valence-corrected chi connectivity index (χ4v) is 3.85. The Morgan fingerprint density at radius 3 is 2.27 bits per heavy atom. The predicted octanol–water partition coefficient (Wildman–Crippen LogP) is 3.26. The molecule has 0 aromatic heterocycles. The van der Waals surface area contributed by atoms with Crippen LogP contribution in [0.3, 0.4) is 0 Å². The van der Waals surface area contributed by atoms with Crippen molar-refractivity contribution in [3.05, 3.63) is 0 Å². The van der Waals surface area contributed by atoms with Crippen LogP contribution in [-0.4, -0.2) is 24.4 Å². The zero-order chi connectivity index (χ0) is 17.2. The van der Waals surface area contributed by atoms with Crippen molar-refractivity contribution in [2.45, 2.75) is 80.2 Å². The lowest BCUT2D eigenvalue weighted by Crippen LogP contribution is -2.51. The molecule has 2 N–H and O–H groups in total. The molecule has 0 spiro atoms. The number of hydrogen-bond acceptors (Lipinski definition) is 2. The van der Waals surface area contributed by atoms with Crippen molar-refractivity contribution in [2.24, 2.45) is 16.2 Å². The van der Waals surface area contributed by atoms with Gasteiger partial charge in [0.15, 0.2) is 0 Å². The number of carbonyl (C=O) groups is 2. The number of carbonyl (C=O) groups excluding carboxylic acids is 2. The van der Waals surface area contributed by atoms with Crippen LogP contribution in [0, 0.1) is 16.2 Å². The van der Waals surface area contributed by atoms with Gasteiger partial charge in [0.2, 0.25) is 11.8 Å². The third kappa shape index (κ3) is 5.29. The molecule has 2 amide bonds. The van der Waals surface area contributed by atoms with Gasteiger partial charge < -0.3 is 10.6 Å². The minimum absolute atomic E-state index is 0.0222. The van der Waals surface area contributed by atoms with E-state index in [0.717, 1.165) is 25.7 Å². The van der Waals surface area contributed by atoms with Crippen molar-refractivity contribution in [3.8, 4) is 0 Å². The highest BCUT2D eigenvalue weighted by Gasteiger charge is 2.42. The number of nitrogens with one attached hydrogen (secondary N) is 2. The van der Waals surface area contributed by atoms with Crippen LogP contribution in [0.2, 0.25) is 0 Å². The first-order valence-electron chi connectivity index (χ1n) is 8.45. The molecule has 128 valence electrons. The predicted molar refractivity (Wildman–Crippen MR) is 90.4 cm³/mol. The van der Waals surface area contributed by atoms with Crippen molar-refractivity contribution in [1.82, 2.24) is 10.6 Å². The van der Waals surface area contributed by atoms with Crippen molar-refractivity contribution >= 4 is 11.8 Å². The summed E-state index contributed by atoms with van der Waals surface area (Å²) in [6.07, 6.45) is 3.80. The first-order valence-corrected chi connectivity index (χ1v) is 8.45. The summed E-state index contributed by atoms with van der Waals surface area (Å²) < 4.78 is 0. The number of rotatable bonds is 5. The number of amides is 2. The topological polar surface area (TPSA) is 58.2 Å².